The second-order valence-corrected chi connectivity index (χ2v) is 9.31. The van der Waals surface area contributed by atoms with Gasteiger partial charge in [0.25, 0.3) is 0 Å². The van der Waals surface area contributed by atoms with Crippen LogP contribution in [0.3, 0.4) is 0 Å². The lowest BCUT2D eigenvalue weighted by atomic mass is 10.1. The van der Waals surface area contributed by atoms with Crippen molar-refractivity contribution in [2.24, 2.45) is 7.05 Å². The number of anilines is 3. The maximum absolute atomic E-state index is 11.9. The molecule has 0 aliphatic carbocycles. The normalized spacial score (nSPS) is 26.0. The van der Waals surface area contributed by atoms with E-state index in [-0.39, 0.29) is 24.5 Å². The minimum atomic E-state index is -3.61. The lowest BCUT2D eigenvalue weighted by Crippen LogP contribution is -2.45. The molecule has 0 bridgehead atoms. The Kier molecular flexibility index (Phi) is 6.09. The van der Waals surface area contributed by atoms with E-state index in [1.807, 2.05) is 0 Å². The molecule has 2 aromatic heterocycles. The van der Waals surface area contributed by atoms with Gasteiger partial charge < -0.3 is 25.2 Å². The van der Waals surface area contributed by atoms with Crippen LogP contribution >= 0.6 is 11.6 Å². The quantitative estimate of drug-likeness (QED) is 0.405. The number of sulfonamides is 1. The summed E-state index contributed by atoms with van der Waals surface area (Å²) in [6, 6.07) is -0.803. The fourth-order valence-corrected chi connectivity index (χ4v) is 4.62. The Bertz CT molecular complexity index is 1000. The van der Waals surface area contributed by atoms with Crippen LogP contribution < -0.4 is 15.4 Å². The molecular formula is C16H22ClN7O5S. The van der Waals surface area contributed by atoms with Gasteiger partial charge in [-0.1, -0.05) is 11.6 Å². The van der Waals surface area contributed by atoms with E-state index in [2.05, 4.69) is 30.4 Å². The maximum Gasteiger partial charge on any atom is 0.229 e. The molecule has 0 spiro atoms. The highest BCUT2D eigenvalue weighted by Crippen LogP contribution is 2.31. The first-order valence-electron chi connectivity index (χ1n) is 9.23. The zero-order valence-electron chi connectivity index (χ0n) is 16.0. The van der Waals surface area contributed by atoms with Crippen molar-refractivity contribution in [3.63, 3.8) is 0 Å². The van der Waals surface area contributed by atoms with Crippen molar-refractivity contribution in [3.05, 3.63) is 23.6 Å². The maximum atomic E-state index is 11.9. The van der Waals surface area contributed by atoms with Crippen LogP contribution in [0.5, 0.6) is 0 Å². The number of ether oxygens (including phenoxy) is 2. The molecule has 4 heterocycles. The number of fused-ring (bicyclic) bond motifs is 1. The molecule has 4 atom stereocenters. The summed E-state index contributed by atoms with van der Waals surface area (Å²) >= 11 is 6.25. The Labute approximate surface area is 178 Å². The number of hydrogen-bond acceptors (Lipinski definition) is 10. The molecule has 2 unspecified atom stereocenters. The fourth-order valence-electron chi connectivity index (χ4n) is 3.45. The lowest BCUT2D eigenvalue weighted by molar-refractivity contribution is 0.0690. The van der Waals surface area contributed by atoms with Crippen LogP contribution in [0.15, 0.2) is 18.6 Å². The topological polar surface area (TPSA) is 153 Å². The molecule has 0 saturated carbocycles. The predicted molar refractivity (Wildman–Crippen MR) is 108 cm³/mol. The number of rotatable bonds is 8. The Morgan fingerprint density at radius 1 is 1.27 bits per heavy atom. The summed E-state index contributed by atoms with van der Waals surface area (Å²) in [5.74, 6) is 0.374. The van der Waals surface area contributed by atoms with Gasteiger partial charge in [-0.25, -0.2) is 18.1 Å². The van der Waals surface area contributed by atoms with E-state index in [4.69, 9.17) is 26.2 Å². The van der Waals surface area contributed by atoms with Gasteiger partial charge in [-0.15, -0.1) is 0 Å². The van der Waals surface area contributed by atoms with Crippen LogP contribution in [0.25, 0.3) is 0 Å². The van der Waals surface area contributed by atoms with Crippen molar-refractivity contribution >= 4 is 39.1 Å². The fraction of sp³-hybridized carbons (Fsp3) is 0.562. The van der Waals surface area contributed by atoms with Crippen molar-refractivity contribution < 1.29 is 23.0 Å². The van der Waals surface area contributed by atoms with E-state index in [9.17, 15) is 8.42 Å². The number of halogens is 1. The molecule has 164 valence electrons. The highest BCUT2D eigenvalue weighted by atomic mass is 35.5. The van der Waals surface area contributed by atoms with Crippen molar-refractivity contribution in [1.29, 1.82) is 0 Å². The predicted octanol–water partition coefficient (Wildman–Crippen LogP) is -0.534. The lowest BCUT2D eigenvalue weighted by Gasteiger charge is -2.19. The summed E-state index contributed by atoms with van der Waals surface area (Å²) in [5.41, 5.74) is 0.729. The van der Waals surface area contributed by atoms with Gasteiger partial charge in [-0.05, 0) is 0 Å². The van der Waals surface area contributed by atoms with E-state index in [1.54, 1.807) is 24.1 Å². The molecule has 2 aliphatic rings. The Morgan fingerprint density at radius 2 is 2.00 bits per heavy atom. The first-order chi connectivity index (χ1) is 14.3. The third-order valence-corrected chi connectivity index (χ3v) is 6.43. The van der Waals surface area contributed by atoms with Gasteiger partial charge in [0.1, 0.15) is 17.2 Å². The molecule has 2 saturated heterocycles. The zero-order valence-corrected chi connectivity index (χ0v) is 17.6. The largest absolute Gasteiger partial charge is 0.395 e. The molecule has 0 amide bonds. The Morgan fingerprint density at radius 3 is 2.70 bits per heavy atom. The number of hydrogen-bond donors (Lipinski definition) is 4. The van der Waals surface area contributed by atoms with Crippen molar-refractivity contribution in [1.82, 2.24) is 24.5 Å². The SMILES string of the molecule is Cn1cc(Nc2ncc(Cl)c(N[C@@H]3COC4C3OC[C@@H]4NS(=O)(=O)CCO)n2)cn1. The third kappa shape index (κ3) is 4.66. The second-order valence-electron chi connectivity index (χ2n) is 7.03. The molecule has 14 heteroatoms. The molecule has 0 radical (unpaired) electrons. The average molecular weight is 460 g/mol. The van der Waals surface area contributed by atoms with Crippen molar-refractivity contribution in [2.45, 2.75) is 24.3 Å². The molecule has 2 fully saturated rings. The number of aliphatic hydroxyl groups is 1. The molecule has 12 nitrogen and oxygen atoms in total. The Balaban J connectivity index is 1.42. The third-order valence-electron chi connectivity index (χ3n) is 4.77. The molecular weight excluding hydrogens is 438 g/mol. The summed E-state index contributed by atoms with van der Waals surface area (Å²) < 4.78 is 39.6. The highest BCUT2D eigenvalue weighted by Gasteiger charge is 2.49. The monoisotopic (exact) mass is 459 g/mol. The number of aliphatic hydroxyl groups excluding tert-OH is 1. The number of nitrogens with zero attached hydrogens (tertiary/aromatic N) is 4. The molecule has 30 heavy (non-hydrogen) atoms. The van der Waals surface area contributed by atoms with Crippen LogP contribution in [-0.4, -0.2) is 83.1 Å². The summed E-state index contributed by atoms with van der Waals surface area (Å²) in [4.78, 5) is 8.57. The summed E-state index contributed by atoms with van der Waals surface area (Å²) in [7, 11) is -1.81. The molecule has 4 N–H and O–H groups in total. The van der Waals surface area contributed by atoms with Gasteiger partial charge >= 0.3 is 0 Å². The average Bonchev–Trinajstić information content (AvgIpc) is 3.37. The summed E-state index contributed by atoms with van der Waals surface area (Å²) in [6.07, 6.45) is 4.07. The zero-order chi connectivity index (χ0) is 21.3. The van der Waals surface area contributed by atoms with E-state index in [1.165, 1.54) is 6.20 Å². The number of aryl methyl sites for hydroxylation is 1. The smallest absolute Gasteiger partial charge is 0.229 e. The van der Waals surface area contributed by atoms with E-state index in [0.29, 0.717) is 23.4 Å². The Hall–Kier alpha value is -2.03. The highest BCUT2D eigenvalue weighted by molar-refractivity contribution is 7.89. The first-order valence-corrected chi connectivity index (χ1v) is 11.3. The van der Waals surface area contributed by atoms with Crippen molar-refractivity contribution in [2.75, 3.05) is 36.2 Å². The molecule has 2 aromatic rings. The second kappa shape index (κ2) is 8.61. The van der Waals surface area contributed by atoms with Gasteiger partial charge in [0.2, 0.25) is 16.0 Å². The van der Waals surface area contributed by atoms with Crippen LogP contribution in [0.1, 0.15) is 0 Å². The van der Waals surface area contributed by atoms with Crippen LogP contribution in [0.4, 0.5) is 17.5 Å². The van der Waals surface area contributed by atoms with Gasteiger partial charge in [0.05, 0.1) is 55.7 Å². The molecule has 4 rings (SSSR count). The first kappa shape index (κ1) is 21.2. The van der Waals surface area contributed by atoms with E-state index >= 15 is 0 Å². The van der Waals surface area contributed by atoms with Crippen LogP contribution in [-0.2, 0) is 26.5 Å². The van der Waals surface area contributed by atoms with Gasteiger partial charge in [-0.3, -0.25) is 4.68 Å². The summed E-state index contributed by atoms with van der Waals surface area (Å²) in [6.45, 7) is 0.00637. The van der Waals surface area contributed by atoms with E-state index < -0.39 is 28.8 Å². The summed E-state index contributed by atoms with van der Waals surface area (Å²) in [5, 5.41) is 19.5. The van der Waals surface area contributed by atoms with Crippen molar-refractivity contribution in [3.8, 4) is 0 Å². The molecule has 2 aliphatic heterocycles. The van der Waals surface area contributed by atoms with Gasteiger partial charge in [-0.2, -0.15) is 10.1 Å². The minimum absolute atomic E-state index is 0.170. The molecule has 0 aromatic carbocycles. The van der Waals surface area contributed by atoms with Crippen LogP contribution in [0.2, 0.25) is 5.02 Å². The van der Waals surface area contributed by atoms with Gasteiger partial charge in [0, 0.05) is 13.2 Å². The standard InChI is InChI=1S/C16H22ClN7O5S/c1-24-6-9(4-19-24)20-16-18-5-10(17)15(22-16)21-11-7-28-14-12(8-29-13(11)14)23-30(26,27)3-2-25/h4-6,11-14,23,25H,2-3,7-8H2,1H3,(H2,18,20,21,22)/t11-,12+,13?,14?/m1/s1. The van der Waals surface area contributed by atoms with Crippen LogP contribution in [0, 0.1) is 0 Å². The minimum Gasteiger partial charge on any atom is -0.395 e. The van der Waals surface area contributed by atoms with E-state index in [0.717, 1.165) is 5.69 Å². The number of aromatic nitrogens is 4. The van der Waals surface area contributed by atoms with Gasteiger partial charge in [0.15, 0.2) is 5.82 Å². The number of nitrogens with one attached hydrogen (secondary N) is 3.